The molecule has 7 nitrogen and oxygen atoms in total. The van der Waals surface area contributed by atoms with E-state index >= 15 is 0 Å². The van der Waals surface area contributed by atoms with Crippen LogP contribution in [0.5, 0.6) is 0 Å². The number of rotatable bonds is 3. The molecule has 4 saturated carbocycles. The molecule has 1 aromatic heterocycles. The highest BCUT2D eigenvalue weighted by atomic mass is 32.2. The SMILES string of the molecule is O=C1C[C@H](c2cccc([N+](=O)[O-])c2)Sc2nc(C34CC5CC(CC(C5)C3)C4)nn21. The van der Waals surface area contributed by atoms with Gasteiger partial charge in [0.15, 0.2) is 11.0 Å². The van der Waals surface area contributed by atoms with E-state index in [2.05, 4.69) is 0 Å². The van der Waals surface area contributed by atoms with Crippen LogP contribution in [0.4, 0.5) is 5.69 Å². The van der Waals surface area contributed by atoms with Crippen molar-refractivity contribution < 1.29 is 9.72 Å². The fourth-order valence-corrected chi connectivity index (χ4v) is 7.73. The first kappa shape index (κ1) is 17.6. The predicted octanol–water partition coefficient (Wildman–Crippen LogP) is 4.53. The van der Waals surface area contributed by atoms with Crippen molar-refractivity contribution in [2.24, 2.45) is 17.8 Å². The zero-order valence-electron chi connectivity index (χ0n) is 16.0. The summed E-state index contributed by atoms with van der Waals surface area (Å²) in [5, 5.41) is 16.3. The maximum Gasteiger partial charge on any atom is 0.269 e. The molecule has 0 N–H and O–H groups in total. The van der Waals surface area contributed by atoms with Crippen LogP contribution in [-0.4, -0.2) is 25.6 Å². The molecule has 5 aliphatic rings. The van der Waals surface area contributed by atoms with Gasteiger partial charge in [-0.3, -0.25) is 14.9 Å². The van der Waals surface area contributed by atoms with Crippen LogP contribution in [0, 0.1) is 27.9 Å². The molecule has 1 aliphatic heterocycles. The standard InChI is InChI=1S/C21H22N4O3S/c26-18-8-17(15-2-1-3-16(7-15)25(27)28)29-20-22-19(23-24(18)20)21-9-12-4-13(10-21)6-14(5-12)11-21/h1-3,7,12-14,17H,4-6,8-11H2/t12?,13?,14?,17-,21?/m1/s1. The van der Waals surface area contributed by atoms with Crippen LogP contribution in [0.3, 0.4) is 0 Å². The van der Waals surface area contributed by atoms with E-state index in [9.17, 15) is 14.9 Å². The summed E-state index contributed by atoms with van der Waals surface area (Å²) in [6, 6.07) is 6.58. The number of non-ortho nitro benzene ring substituents is 1. The van der Waals surface area contributed by atoms with Crippen molar-refractivity contribution in [1.29, 1.82) is 0 Å². The van der Waals surface area contributed by atoms with Crippen LogP contribution < -0.4 is 0 Å². The van der Waals surface area contributed by atoms with Gasteiger partial charge in [-0.25, -0.2) is 4.98 Å². The number of carbonyl (C=O) groups is 1. The Morgan fingerprint density at radius 1 is 1.14 bits per heavy atom. The number of nitro benzene ring substituents is 1. The fraction of sp³-hybridized carbons (Fsp3) is 0.571. The minimum Gasteiger partial charge on any atom is -0.272 e. The van der Waals surface area contributed by atoms with Gasteiger partial charge in [-0.2, -0.15) is 4.68 Å². The first-order valence-electron chi connectivity index (χ1n) is 10.4. The summed E-state index contributed by atoms with van der Waals surface area (Å²) < 4.78 is 1.49. The van der Waals surface area contributed by atoms with Gasteiger partial charge in [-0.1, -0.05) is 23.9 Å². The minimum atomic E-state index is -0.396. The molecule has 1 atom stereocenters. The molecule has 4 aliphatic carbocycles. The van der Waals surface area contributed by atoms with E-state index in [1.54, 1.807) is 12.1 Å². The van der Waals surface area contributed by atoms with Crippen molar-refractivity contribution in [2.45, 2.75) is 60.8 Å². The number of fused-ring (bicyclic) bond motifs is 1. The van der Waals surface area contributed by atoms with Crippen molar-refractivity contribution in [3.05, 3.63) is 45.8 Å². The zero-order valence-corrected chi connectivity index (χ0v) is 16.8. The molecular weight excluding hydrogens is 388 g/mol. The normalized spacial score (nSPS) is 35.0. The Morgan fingerprint density at radius 3 is 2.48 bits per heavy atom. The topological polar surface area (TPSA) is 90.9 Å². The van der Waals surface area contributed by atoms with Crippen molar-refractivity contribution in [2.75, 3.05) is 0 Å². The van der Waals surface area contributed by atoms with Gasteiger partial charge in [0, 0.05) is 29.2 Å². The minimum absolute atomic E-state index is 0.0526. The third kappa shape index (κ3) is 2.75. The van der Waals surface area contributed by atoms with E-state index in [1.807, 2.05) is 6.07 Å². The Morgan fingerprint density at radius 2 is 1.83 bits per heavy atom. The van der Waals surface area contributed by atoms with Gasteiger partial charge in [0.05, 0.1) is 4.92 Å². The van der Waals surface area contributed by atoms with Crippen LogP contribution in [0.1, 0.15) is 66.4 Å². The highest BCUT2D eigenvalue weighted by molar-refractivity contribution is 7.99. The van der Waals surface area contributed by atoms with E-state index in [0.29, 0.717) is 5.16 Å². The van der Waals surface area contributed by atoms with Crippen LogP contribution in [-0.2, 0) is 5.41 Å². The monoisotopic (exact) mass is 410 g/mol. The molecule has 8 heteroatoms. The average Bonchev–Trinajstić information content (AvgIpc) is 3.13. The summed E-state index contributed by atoms with van der Waals surface area (Å²) in [7, 11) is 0. The summed E-state index contributed by atoms with van der Waals surface area (Å²) in [6.07, 6.45) is 7.84. The Kier molecular flexibility index (Phi) is 3.73. The van der Waals surface area contributed by atoms with E-state index in [4.69, 9.17) is 10.1 Å². The molecule has 1 aromatic carbocycles. The second-order valence-corrected chi connectivity index (χ2v) is 10.6. The lowest BCUT2D eigenvalue weighted by Crippen LogP contribution is -2.49. The van der Waals surface area contributed by atoms with E-state index in [-0.39, 0.29) is 28.7 Å². The van der Waals surface area contributed by atoms with Crippen LogP contribution in [0.25, 0.3) is 0 Å². The number of thioether (sulfide) groups is 1. The maximum absolute atomic E-state index is 12.8. The smallest absolute Gasteiger partial charge is 0.269 e. The Hall–Kier alpha value is -2.22. The predicted molar refractivity (Wildman–Crippen MR) is 107 cm³/mol. The first-order chi connectivity index (χ1) is 14.0. The van der Waals surface area contributed by atoms with Gasteiger partial charge in [0.25, 0.3) is 11.6 Å². The lowest BCUT2D eigenvalue weighted by molar-refractivity contribution is -0.384. The second-order valence-electron chi connectivity index (χ2n) is 9.38. The molecule has 4 fully saturated rings. The number of carbonyl (C=O) groups excluding carboxylic acids is 1. The first-order valence-corrected chi connectivity index (χ1v) is 11.3. The number of hydrogen-bond donors (Lipinski definition) is 0. The molecule has 0 saturated heterocycles. The number of hydrogen-bond acceptors (Lipinski definition) is 6. The Balaban J connectivity index is 1.33. The Bertz CT molecular complexity index is 997. The van der Waals surface area contributed by atoms with Crippen LogP contribution in [0.15, 0.2) is 29.4 Å². The molecule has 2 aromatic rings. The molecule has 2 heterocycles. The van der Waals surface area contributed by atoms with Crippen LogP contribution >= 0.6 is 11.8 Å². The second kappa shape index (κ2) is 6.14. The summed E-state index contributed by atoms with van der Waals surface area (Å²) >= 11 is 1.51. The van der Waals surface area contributed by atoms with Crippen molar-refractivity contribution in [1.82, 2.24) is 14.8 Å². The van der Waals surface area contributed by atoms with Gasteiger partial charge in [0.1, 0.15) is 0 Å². The fourth-order valence-electron chi connectivity index (χ4n) is 6.58. The summed E-state index contributed by atoms with van der Waals surface area (Å²) in [5.41, 5.74) is 0.904. The summed E-state index contributed by atoms with van der Waals surface area (Å²) in [4.78, 5) is 28.4. The molecule has 0 amide bonds. The lowest BCUT2D eigenvalue weighted by atomic mass is 9.49. The number of nitrogens with zero attached hydrogens (tertiary/aromatic N) is 4. The third-order valence-corrected chi connectivity index (χ3v) is 8.59. The van der Waals surface area contributed by atoms with Crippen molar-refractivity contribution in [3.8, 4) is 0 Å². The van der Waals surface area contributed by atoms with Crippen molar-refractivity contribution >= 4 is 23.4 Å². The largest absolute Gasteiger partial charge is 0.272 e. The van der Waals surface area contributed by atoms with Crippen molar-refractivity contribution in [3.63, 3.8) is 0 Å². The zero-order chi connectivity index (χ0) is 19.8. The molecule has 4 bridgehead atoms. The van der Waals surface area contributed by atoms with E-state index < -0.39 is 4.92 Å². The highest BCUT2D eigenvalue weighted by Gasteiger charge is 2.54. The molecule has 150 valence electrons. The molecule has 7 rings (SSSR count). The van der Waals surface area contributed by atoms with Gasteiger partial charge in [-0.05, 0) is 61.8 Å². The molecule has 0 spiro atoms. The quantitative estimate of drug-likeness (QED) is 0.545. The average molecular weight is 410 g/mol. The highest BCUT2D eigenvalue weighted by Crippen LogP contribution is 2.60. The van der Waals surface area contributed by atoms with Gasteiger partial charge in [-0.15, -0.1) is 5.10 Å². The Labute approximate surface area is 172 Å². The molecule has 0 radical (unpaired) electrons. The number of benzene rings is 1. The summed E-state index contributed by atoms with van der Waals surface area (Å²) in [5.74, 6) is 3.18. The van der Waals surface area contributed by atoms with E-state index in [1.165, 1.54) is 41.8 Å². The van der Waals surface area contributed by atoms with Gasteiger partial charge < -0.3 is 0 Å². The molecular formula is C21H22N4O3S. The molecule has 29 heavy (non-hydrogen) atoms. The molecule has 0 unspecified atom stereocenters. The number of nitro groups is 1. The van der Waals surface area contributed by atoms with E-state index in [0.717, 1.165) is 48.4 Å². The lowest BCUT2D eigenvalue weighted by Gasteiger charge is -2.55. The van der Waals surface area contributed by atoms with Gasteiger partial charge >= 0.3 is 0 Å². The maximum atomic E-state index is 12.8. The third-order valence-electron chi connectivity index (χ3n) is 7.39. The van der Waals surface area contributed by atoms with Crippen LogP contribution in [0.2, 0.25) is 0 Å². The number of aromatic nitrogens is 3. The van der Waals surface area contributed by atoms with Gasteiger partial charge in [0.2, 0.25) is 0 Å². The summed E-state index contributed by atoms with van der Waals surface area (Å²) in [6.45, 7) is 0.